The van der Waals surface area contributed by atoms with Gasteiger partial charge in [-0.05, 0) is 29.6 Å². The van der Waals surface area contributed by atoms with Crippen molar-refractivity contribution < 1.29 is 5.11 Å². The van der Waals surface area contributed by atoms with E-state index in [1.807, 2.05) is 53.9 Å². The number of para-hydroxylation sites is 1. The SMILES string of the molecule is OC(Cc1cccs1)c1ccnn1-c1ccccc1. The van der Waals surface area contributed by atoms with Crippen LogP contribution in [0.3, 0.4) is 0 Å². The Morgan fingerprint density at radius 1 is 1.11 bits per heavy atom. The molecule has 1 N–H and O–H groups in total. The summed E-state index contributed by atoms with van der Waals surface area (Å²) in [5, 5.41) is 16.7. The van der Waals surface area contributed by atoms with Gasteiger partial charge in [-0.15, -0.1) is 11.3 Å². The Balaban J connectivity index is 1.88. The molecule has 0 saturated carbocycles. The molecule has 19 heavy (non-hydrogen) atoms. The average Bonchev–Trinajstić information content (AvgIpc) is 3.10. The van der Waals surface area contributed by atoms with Crippen LogP contribution in [-0.4, -0.2) is 14.9 Å². The molecule has 3 rings (SSSR count). The summed E-state index contributed by atoms with van der Waals surface area (Å²) in [5.74, 6) is 0. The molecule has 0 aliphatic carbocycles. The van der Waals surface area contributed by atoms with Gasteiger partial charge in [0.1, 0.15) is 6.10 Å². The molecular weight excluding hydrogens is 256 g/mol. The van der Waals surface area contributed by atoms with E-state index in [2.05, 4.69) is 5.10 Å². The van der Waals surface area contributed by atoms with Crippen LogP contribution in [0.2, 0.25) is 0 Å². The third-order valence-electron chi connectivity index (χ3n) is 2.99. The Kier molecular flexibility index (Phi) is 3.44. The molecule has 4 heteroatoms. The van der Waals surface area contributed by atoms with Gasteiger partial charge in [0.2, 0.25) is 0 Å². The van der Waals surface area contributed by atoms with E-state index in [9.17, 15) is 5.11 Å². The minimum atomic E-state index is -0.540. The zero-order valence-corrected chi connectivity index (χ0v) is 11.1. The monoisotopic (exact) mass is 270 g/mol. The van der Waals surface area contributed by atoms with Crippen molar-refractivity contribution >= 4 is 11.3 Å². The maximum Gasteiger partial charge on any atom is 0.101 e. The van der Waals surface area contributed by atoms with Gasteiger partial charge in [0.25, 0.3) is 0 Å². The van der Waals surface area contributed by atoms with Crippen molar-refractivity contribution in [3.63, 3.8) is 0 Å². The predicted octanol–water partition coefficient (Wildman–Crippen LogP) is 3.21. The molecule has 0 saturated heterocycles. The Labute approximate surface area is 115 Å². The molecule has 2 heterocycles. The first-order valence-electron chi connectivity index (χ1n) is 6.14. The van der Waals surface area contributed by atoms with Crippen molar-refractivity contribution in [2.75, 3.05) is 0 Å². The molecule has 0 aliphatic rings. The van der Waals surface area contributed by atoms with E-state index in [1.165, 1.54) is 4.88 Å². The first-order chi connectivity index (χ1) is 9.34. The molecule has 1 unspecified atom stereocenters. The van der Waals surface area contributed by atoms with E-state index in [1.54, 1.807) is 22.2 Å². The van der Waals surface area contributed by atoms with Gasteiger partial charge in [0.15, 0.2) is 0 Å². The van der Waals surface area contributed by atoms with Crippen LogP contribution >= 0.6 is 11.3 Å². The van der Waals surface area contributed by atoms with Crippen LogP contribution in [-0.2, 0) is 6.42 Å². The molecule has 0 radical (unpaired) electrons. The molecule has 0 amide bonds. The normalized spacial score (nSPS) is 12.5. The number of benzene rings is 1. The van der Waals surface area contributed by atoms with Crippen molar-refractivity contribution in [2.45, 2.75) is 12.5 Å². The summed E-state index contributed by atoms with van der Waals surface area (Å²) in [4.78, 5) is 1.17. The van der Waals surface area contributed by atoms with E-state index in [4.69, 9.17) is 0 Å². The van der Waals surface area contributed by atoms with Gasteiger partial charge in [-0.1, -0.05) is 24.3 Å². The molecule has 0 spiro atoms. The molecule has 0 bridgehead atoms. The van der Waals surface area contributed by atoms with Gasteiger partial charge in [-0.25, -0.2) is 4.68 Å². The Morgan fingerprint density at radius 3 is 2.68 bits per heavy atom. The lowest BCUT2D eigenvalue weighted by molar-refractivity contribution is 0.171. The largest absolute Gasteiger partial charge is 0.386 e. The molecular formula is C15H14N2OS. The minimum Gasteiger partial charge on any atom is -0.386 e. The van der Waals surface area contributed by atoms with Crippen LogP contribution in [0.1, 0.15) is 16.7 Å². The predicted molar refractivity (Wildman–Crippen MR) is 76.5 cm³/mol. The number of aliphatic hydroxyl groups is 1. The molecule has 3 nitrogen and oxygen atoms in total. The van der Waals surface area contributed by atoms with E-state index >= 15 is 0 Å². The summed E-state index contributed by atoms with van der Waals surface area (Å²) in [7, 11) is 0. The number of aromatic nitrogens is 2. The van der Waals surface area contributed by atoms with Gasteiger partial charge in [0, 0.05) is 17.5 Å². The summed E-state index contributed by atoms with van der Waals surface area (Å²) >= 11 is 1.66. The van der Waals surface area contributed by atoms with E-state index < -0.39 is 6.10 Å². The van der Waals surface area contributed by atoms with Crippen LogP contribution in [0.15, 0.2) is 60.1 Å². The Bertz CT molecular complexity index is 631. The van der Waals surface area contributed by atoms with Gasteiger partial charge >= 0.3 is 0 Å². The third-order valence-corrected chi connectivity index (χ3v) is 3.89. The lowest BCUT2D eigenvalue weighted by Gasteiger charge is -2.12. The van der Waals surface area contributed by atoms with E-state index in [-0.39, 0.29) is 0 Å². The maximum absolute atomic E-state index is 10.4. The molecule has 3 aromatic rings. The molecule has 0 fully saturated rings. The summed E-state index contributed by atoms with van der Waals surface area (Å²) in [6.45, 7) is 0. The second-order valence-electron chi connectivity index (χ2n) is 4.30. The number of nitrogens with zero attached hydrogens (tertiary/aromatic N) is 2. The van der Waals surface area contributed by atoms with Crippen LogP contribution in [0.25, 0.3) is 5.69 Å². The number of hydrogen-bond acceptors (Lipinski definition) is 3. The smallest absolute Gasteiger partial charge is 0.101 e. The van der Waals surface area contributed by atoms with Crippen molar-refractivity contribution in [1.82, 2.24) is 9.78 Å². The van der Waals surface area contributed by atoms with Gasteiger partial charge < -0.3 is 5.11 Å². The maximum atomic E-state index is 10.4. The number of hydrogen-bond donors (Lipinski definition) is 1. The highest BCUT2D eigenvalue weighted by atomic mass is 32.1. The topological polar surface area (TPSA) is 38.1 Å². The number of rotatable bonds is 4. The van der Waals surface area contributed by atoms with E-state index in [0.29, 0.717) is 6.42 Å². The fraction of sp³-hybridized carbons (Fsp3) is 0.133. The zero-order chi connectivity index (χ0) is 13.1. The Hall–Kier alpha value is -1.91. The van der Waals surface area contributed by atoms with Crippen molar-refractivity contribution in [2.24, 2.45) is 0 Å². The van der Waals surface area contributed by atoms with Crippen molar-refractivity contribution in [3.8, 4) is 5.69 Å². The van der Waals surface area contributed by atoms with Crippen LogP contribution < -0.4 is 0 Å². The molecule has 96 valence electrons. The summed E-state index contributed by atoms with van der Waals surface area (Å²) < 4.78 is 1.79. The highest BCUT2D eigenvalue weighted by Crippen LogP contribution is 2.22. The van der Waals surface area contributed by atoms with Crippen LogP contribution in [0.5, 0.6) is 0 Å². The molecule has 1 aromatic carbocycles. The van der Waals surface area contributed by atoms with Crippen LogP contribution in [0.4, 0.5) is 0 Å². The van der Waals surface area contributed by atoms with Crippen molar-refractivity contribution in [3.05, 3.63) is 70.7 Å². The minimum absolute atomic E-state index is 0.540. The first-order valence-corrected chi connectivity index (χ1v) is 7.02. The lowest BCUT2D eigenvalue weighted by Crippen LogP contribution is -2.09. The highest BCUT2D eigenvalue weighted by molar-refractivity contribution is 7.09. The third kappa shape index (κ3) is 2.59. The molecule has 2 aromatic heterocycles. The highest BCUT2D eigenvalue weighted by Gasteiger charge is 2.15. The number of aliphatic hydroxyl groups excluding tert-OH is 1. The fourth-order valence-corrected chi connectivity index (χ4v) is 2.82. The zero-order valence-electron chi connectivity index (χ0n) is 10.3. The van der Waals surface area contributed by atoms with Gasteiger partial charge in [0.05, 0.1) is 11.4 Å². The van der Waals surface area contributed by atoms with Gasteiger partial charge in [-0.3, -0.25) is 0 Å². The molecule has 0 aliphatic heterocycles. The lowest BCUT2D eigenvalue weighted by atomic mass is 10.1. The molecule has 1 atom stereocenters. The quantitative estimate of drug-likeness (QED) is 0.790. The summed E-state index contributed by atoms with van der Waals surface area (Å²) in [5.41, 5.74) is 1.78. The number of thiophene rings is 1. The Morgan fingerprint density at radius 2 is 1.95 bits per heavy atom. The summed E-state index contributed by atoms with van der Waals surface area (Å²) in [6.07, 6.45) is 1.80. The standard InChI is InChI=1S/C15H14N2OS/c18-15(11-13-7-4-10-19-13)14-8-9-16-17(14)12-5-2-1-3-6-12/h1-10,15,18H,11H2. The second-order valence-corrected chi connectivity index (χ2v) is 5.33. The average molecular weight is 270 g/mol. The van der Waals surface area contributed by atoms with Crippen molar-refractivity contribution in [1.29, 1.82) is 0 Å². The second kappa shape index (κ2) is 5.38. The fourth-order valence-electron chi connectivity index (χ4n) is 2.07. The first kappa shape index (κ1) is 12.1. The van der Waals surface area contributed by atoms with Gasteiger partial charge in [-0.2, -0.15) is 5.10 Å². The van der Waals surface area contributed by atoms with Crippen LogP contribution in [0, 0.1) is 0 Å². The summed E-state index contributed by atoms with van der Waals surface area (Å²) in [6, 6.07) is 15.8. The van der Waals surface area contributed by atoms with E-state index in [0.717, 1.165) is 11.4 Å².